The lowest BCUT2D eigenvalue weighted by molar-refractivity contribution is -0.126. The van der Waals surface area contributed by atoms with E-state index in [1.807, 2.05) is 0 Å². The monoisotopic (exact) mass is 327 g/mol. The van der Waals surface area contributed by atoms with Crippen LogP contribution in [0, 0.1) is 0 Å². The Balaban J connectivity index is 2.12. The fourth-order valence-electron chi connectivity index (χ4n) is 2.23. The van der Waals surface area contributed by atoms with E-state index in [0.29, 0.717) is 22.7 Å². The van der Waals surface area contributed by atoms with Crippen LogP contribution in [0.3, 0.4) is 0 Å². The van der Waals surface area contributed by atoms with Gasteiger partial charge < -0.3 is 9.84 Å². The summed E-state index contributed by atoms with van der Waals surface area (Å²) in [6, 6.07) is 6.99. The number of alkyl halides is 3. The van der Waals surface area contributed by atoms with E-state index in [1.54, 1.807) is 31.3 Å². The summed E-state index contributed by atoms with van der Waals surface area (Å²) in [6.45, 7) is 0.368. The summed E-state index contributed by atoms with van der Waals surface area (Å²) in [5, 5.41) is 7.25. The number of rotatable bonds is 4. The molecule has 0 aliphatic heterocycles. The normalized spacial score (nSPS) is 12.2. The van der Waals surface area contributed by atoms with E-state index < -0.39 is 12.6 Å². The van der Waals surface area contributed by atoms with Gasteiger partial charge in [-0.3, -0.25) is 0 Å². The highest BCUT2D eigenvalue weighted by Gasteiger charge is 2.32. The number of thiophene rings is 1. The quantitative estimate of drug-likeness (QED) is 0.792. The van der Waals surface area contributed by atoms with E-state index >= 15 is 0 Å². The van der Waals surface area contributed by atoms with Crippen molar-refractivity contribution in [3.8, 4) is 10.7 Å². The molecule has 8 heteroatoms. The van der Waals surface area contributed by atoms with Crippen LogP contribution in [0.15, 0.2) is 28.8 Å². The van der Waals surface area contributed by atoms with Crippen LogP contribution in [0.2, 0.25) is 0 Å². The summed E-state index contributed by atoms with van der Waals surface area (Å²) in [6.07, 6.45) is -5.31. The number of nitrogens with zero attached hydrogens (tertiary/aromatic N) is 2. The van der Waals surface area contributed by atoms with E-state index in [4.69, 9.17) is 4.52 Å². The van der Waals surface area contributed by atoms with Gasteiger partial charge in [-0.15, -0.1) is 11.3 Å². The van der Waals surface area contributed by atoms with Crippen molar-refractivity contribution in [3.63, 3.8) is 0 Å². The minimum Gasteiger partial charge on any atom is -0.338 e. The first-order chi connectivity index (χ1) is 10.5. The Bertz CT molecular complexity index is 794. The largest absolute Gasteiger partial charge is 0.393 e. The number of fused-ring (bicyclic) bond motifs is 1. The zero-order chi connectivity index (χ0) is 15.7. The fourth-order valence-corrected chi connectivity index (χ4v) is 3.37. The van der Waals surface area contributed by atoms with Gasteiger partial charge in [-0.1, -0.05) is 23.4 Å². The van der Waals surface area contributed by atoms with E-state index in [-0.39, 0.29) is 11.4 Å². The standard InChI is InChI=1S/C14H12F3N3OS/c1-18-7-11-19-13(20-21-11)12-9(6-14(15,16)17)8-4-2-3-5-10(8)22-12/h2-5,18H,6-7H2,1H3. The maximum atomic E-state index is 12.9. The summed E-state index contributed by atoms with van der Waals surface area (Å²) in [5.74, 6) is 0.540. The third-order valence-corrected chi connectivity index (χ3v) is 4.28. The minimum atomic E-state index is -4.30. The maximum Gasteiger partial charge on any atom is 0.393 e. The van der Waals surface area contributed by atoms with Crippen molar-refractivity contribution in [2.45, 2.75) is 19.1 Å². The molecule has 0 atom stereocenters. The average molecular weight is 327 g/mol. The molecule has 0 aliphatic rings. The van der Waals surface area contributed by atoms with Crippen molar-refractivity contribution in [2.24, 2.45) is 0 Å². The fraction of sp³-hybridized carbons (Fsp3) is 0.286. The molecule has 4 nitrogen and oxygen atoms in total. The zero-order valence-corrected chi connectivity index (χ0v) is 12.4. The molecule has 0 amide bonds. The molecule has 0 bridgehead atoms. The van der Waals surface area contributed by atoms with Crippen LogP contribution < -0.4 is 5.32 Å². The molecule has 0 aliphatic carbocycles. The van der Waals surface area contributed by atoms with Gasteiger partial charge in [0, 0.05) is 4.70 Å². The van der Waals surface area contributed by atoms with Gasteiger partial charge in [0.15, 0.2) is 0 Å². The molecule has 0 unspecified atom stereocenters. The Hall–Kier alpha value is -1.93. The highest BCUT2D eigenvalue weighted by Crippen LogP contribution is 2.40. The van der Waals surface area contributed by atoms with Gasteiger partial charge in [-0.05, 0) is 24.1 Å². The molecule has 116 valence electrons. The first kappa shape index (κ1) is 15.0. The first-order valence-electron chi connectivity index (χ1n) is 6.52. The summed E-state index contributed by atoms with van der Waals surface area (Å²) < 4.78 is 44.5. The van der Waals surface area contributed by atoms with Crippen LogP contribution in [-0.2, 0) is 13.0 Å². The van der Waals surface area contributed by atoms with Crippen molar-refractivity contribution in [1.82, 2.24) is 15.5 Å². The molecule has 0 saturated carbocycles. The molecular weight excluding hydrogens is 315 g/mol. The lowest BCUT2D eigenvalue weighted by atomic mass is 10.1. The van der Waals surface area contributed by atoms with Crippen molar-refractivity contribution in [1.29, 1.82) is 0 Å². The van der Waals surface area contributed by atoms with Gasteiger partial charge in [0.2, 0.25) is 11.7 Å². The molecule has 1 aromatic carbocycles. The Morgan fingerprint density at radius 1 is 1.27 bits per heavy atom. The minimum absolute atomic E-state index is 0.199. The smallest absolute Gasteiger partial charge is 0.338 e. The summed E-state index contributed by atoms with van der Waals surface area (Å²) in [4.78, 5) is 4.57. The molecule has 1 N–H and O–H groups in total. The Morgan fingerprint density at radius 2 is 2.05 bits per heavy atom. The van der Waals surface area contributed by atoms with Crippen LogP contribution >= 0.6 is 11.3 Å². The third-order valence-electron chi connectivity index (χ3n) is 3.07. The third kappa shape index (κ3) is 2.97. The second kappa shape index (κ2) is 5.69. The van der Waals surface area contributed by atoms with Crippen LogP contribution in [0.4, 0.5) is 13.2 Å². The number of hydrogen-bond donors (Lipinski definition) is 1. The van der Waals surface area contributed by atoms with Gasteiger partial charge >= 0.3 is 6.18 Å². The van der Waals surface area contributed by atoms with Crippen molar-refractivity contribution < 1.29 is 17.7 Å². The van der Waals surface area contributed by atoms with Crippen LogP contribution in [0.25, 0.3) is 20.8 Å². The van der Waals surface area contributed by atoms with Gasteiger partial charge in [0.1, 0.15) is 0 Å². The predicted molar refractivity (Wildman–Crippen MR) is 77.6 cm³/mol. The molecule has 0 spiro atoms. The zero-order valence-electron chi connectivity index (χ0n) is 11.6. The molecule has 3 rings (SSSR count). The Labute approximate surface area is 128 Å². The van der Waals surface area contributed by atoms with Crippen molar-refractivity contribution >= 4 is 21.4 Å². The van der Waals surface area contributed by atoms with E-state index in [9.17, 15) is 13.2 Å². The van der Waals surface area contributed by atoms with Gasteiger partial charge in [0.05, 0.1) is 17.8 Å². The summed E-state index contributed by atoms with van der Waals surface area (Å²) >= 11 is 1.24. The van der Waals surface area contributed by atoms with E-state index in [0.717, 1.165) is 4.70 Å². The van der Waals surface area contributed by atoms with Crippen LogP contribution in [-0.4, -0.2) is 23.4 Å². The van der Waals surface area contributed by atoms with Crippen LogP contribution in [0.1, 0.15) is 11.5 Å². The molecule has 2 heterocycles. The Kier molecular flexibility index (Phi) is 3.88. The van der Waals surface area contributed by atoms with Crippen molar-refractivity contribution in [3.05, 3.63) is 35.7 Å². The second-order valence-corrected chi connectivity index (χ2v) is 5.79. The highest BCUT2D eigenvalue weighted by atomic mass is 32.1. The highest BCUT2D eigenvalue weighted by molar-refractivity contribution is 7.22. The molecule has 0 radical (unpaired) electrons. The molecule has 0 saturated heterocycles. The number of benzene rings is 1. The topological polar surface area (TPSA) is 51.0 Å². The maximum absolute atomic E-state index is 12.9. The first-order valence-corrected chi connectivity index (χ1v) is 7.34. The van der Waals surface area contributed by atoms with E-state index in [1.165, 1.54) is 11.3 Å². The number of halogens is 3. The lowest BCUT2D eigenvalue weighted by Crippen LogP contribution is -2.11. The van der Waals surface area contributed by atoms with Gasteiger partial charge in [-0.25, -0.2) is 0 Å². The molecule has 0 fully saturated rings. The second-order valence-electron chi connectivity index (χ2n) is 4.74. The van der Waals surface area contributed by atoms with E-state index in [2.05, 4.69) is 15.5 Å². The number of aromatic nitrogens is 2. The number of nitrogens with one attached hydrogen (secondary N) is 1. The Morgan fingerprint density at radius 3 is 2.77 bits per heavy atom. The predicted octanol–water partition coefficient (Wildman–Crippen LogP) is 3.78. The number of hydrogen-bond acceptors (Lipinski definition) is 5. The molecule has 2 aromatic heterocycles. The van der Waals surface area contributed by atoms with Crippen LogP contribution in [0.5, 0.6) is 0 Å². The SMILES string of the molecule is CNCc1nc(-c2sc3ccccc3c2CC(F)(F)F)no1. The molecule has 3 aromatic rings. The molecular formula is C14H12F3N3OS. The molecule has 22 heavy (non-hydrogen) atoms. The van der Waals surface area contributed by atoms with Crippen molar-refractivity contribution in [2.75, 3.05) is 7.05 Å². The average Bonchev–Trinajstić information content (AvgIpc) is 3.03. The lowest BCUT2D eigenvalue weighted by Gasteiger charge is -2.06. The summed E-state index contributed by atoms with van der Waals surface area (Å²) in [7, 11) is 1.72. The van der Waals surface area contributed by atoms with Gasteiger partial charge in [-0.2, -0.15) is 18.2 Å². The summed E-state index contributed by atoms with van der Waals surface area (Å²) in [5.41, 5.74) is 0.199. The van der Waals surface area contributed by atoms with Gasteiger partial charge in [0.25, 0.3) is 0 Å².